The van der Waals surface area contributed by atoms with Gasteiger partial charge in [-0.05, 0) is 12.1 Å². The molecule has 1 aliphatic rings. The minimum Gasteiger partial charge on any atom is -0.382 e. The van der Waals surface area contributed by atoms with Crippen molar-refractivity contribution in [3.8, 4) is 0 Å². The van der Waals surface area contributed by atoms with Crippen molar-refractivity contribution in [2.75, 3.05) is 0 Å². The Bertz CT molecular complexity index is 332. The predicted molar refractivity (Wildman–Crippen MR) is 38.9 cm³/mol. The highest BCUT2D eigenvalue weighted by molar-refractivity contribution is 6.03. The molecule has 55 valence electrons. The molecule has 0 bridgehead atoms. The summed E-state index contributed by atoms with van der Waals surface area (Å²) in [6, 6.07) is 4.60. The zero-order valence-electron chi connectivity index (χ0n) is 5.58. The van der Waals surface area contributed by atoms with E-state index in [0.29, 0.717) is 5.56 Å². The fourth-order valence-electron chi connectivity index (χ4n) is 0.981. The molecular weight excluding hydrogens is 145 g/mol. The van der Waals surface area contributed by atoms with Gasteiger partial charge in [0.15, 0.2) is 11.7 Å². The van der Waals surface area contributed by atoms with Crippen molar-refractivity contribution in [1.82, 2.24) is 5.43 Å². The van der Waals surface area contributed by atoms with Crippen molar-refractivity contribution in [2.24, 2.45) is 10.8 Å². The molecule has 0 amide bonds. The maximum atomic E-state index is 12.8. The minimum absolute atomic E-state index is 0.241. The van der Waals surface area contributed by atoms with Crippen LogP contribution in [-0.4, -0.2) is 5.84 Å². The number of halogens is 1. The van der Waals surface area contributed by atoms with Crippen molar-refractivity contribution in [1.29, 1.82) is 0 Å². The predicted octanol–water partition coefficient (Wildman–Crippen LogP) is 0.696. The first-order chi connectivity index (χ1) is 5.29. The van der Waals surface area contributed by atoms with E-state index in [1.165, 1.54) is 6.07 Å². The van der Waals surface area contributed by atoms with Gasteiger partial charge < -0.3 is 5.73 Å². The highest BCUT2D eigenvalue weighted by atomic mass is 19.1. The van der Waals surface area contributed by atoms with Gasteiger partial charge in [-0.1, -0.05) is 6.07 Å². The fraction of sp³-hybridized carbons (Fsp3) is 0. The summed E-state index contributed by atoms with van der Waals surface area (Å²) in [6.07, 6.45) is 0. The van der Waals surface area contributed by atoms with Crippen LogP contribution in [-0.2, 0) is 0 Å². The third-order valence-corrected chi connectivity index (χ3v) is 1.52. The molecule has 4 heteroatoms. The van der Waals surface area contributed by atoms with Gasteiger partial charge in [-0.25, -0.2) is 4.39 Å². The first-order valence-electron chi connectivity index (χ1n) is 3.12. The minimum atomic E-state index is -0.383. The van der Waals surface area contributed by atoms with Gasteiger partial charge >= 0.3 is 0 Å². The molecule has 2 N–H and O–H groups in total. The van der Waals surface area contributed by atoms with Gasteiger partial charge in [-0.3, -0.25) is 0 Å². The average molecular weight is 150 g/mol. The van der Waals surface area contributed by atoms with Gasteiger partial charge in [0.25, 0.3) is 0 Å². The van der Waals surface area contributed by atoms with E-state index in [1.807, 2.05) is 0 Å². The van der Waals surface area contributed by atoms with Gasteiger partial charge in [0.05, 0.1) is 0 Å². The topological polar surface area (TPSA) is 52.5 Å². The standard InChI is InChI=1S/C7H5FN3/c8-5-3-1-2-4-6(5)10-11-7(4)9/h1-3H,(H2,9,11). The number of benzene rings is 1. The summed E-state index contributed by atoms with van der Waals surface area (Å²) in [6.45, 7) is 0. The molecule has 0 aliphatic carbocycles. The molecule has 1 aromatic rings. The maximum Gasteiger partial charge on any atom is 0.155 e. The molecule has 0 fully saturated rings. The summed E-state index contributed by atoms with van der Waals surface area (Å²) >= 11 is 0. The van der Waals surface area contributed by atoms with Gasteiger partial charge in [0, 0.05) is 5.56 Å². The molecule has 0 spiro atoms. The zero-order valence-corrected chi connectivity index (χ0v) is 5.58. The maximum absolute atomic E-state index is 12.8. The summed E-state index contributed by atoms with van der Waals surface area (Å²) in [4.78, 5) is 0. The lowest BCUT2D eigenvalue weighted by atomic mass is 10.2. The molecule has 1 aliphatic heterocycles. The summed E-state index contributed by atoms with van der Waals surface area (Å²) < 4.78 is 12.8. The van der Waals surface area contributed by atoms with Gasteiger partial charge in [-0.2, -0.15) is 0 Å². The average Bonchev–Trinajstić information content (AvgIpc) is 2.35. The van der Waals surface area contributed by atoms with E-state index in [4.69, 9.17) is 5.73 Å². The van der Waals surface area contributed by atoms with E-state index >= 15 is 0 Å². The summed E-state index contributed by atoms with van der Waals surface area (Å²) in [5, 5.41) is 3.54. The molecule has 1 heterocycles. The van der Waals surface area contributed by atoms with Crippen molar-refractivity contribution in [2.45, 2.75) is 0 Å². The Morgan fingerprint density at radius 2 is 2.18 bits per heavy atom. The Labute approximate surface area is 62.7 Å². The Hall–Kier alpha value is -1.58. The van der Waals surface area contributed by atoms with Crippen molar-refractivity contribution in [3.05, 3.63) is 29.6 Å². The van der Waals surface area contributed by atoms with Gasteiger partial charge in [0.2, 0.25) is 0 Å². The second-order valence-electron chi connectivity index (χ2n) is 2.22. The van der Waals surface area contributed by atoms with Crippen LogP contribution in [0.2, 0.25) is 0 Å². The quantitative estimate of drug-likeness (QED) is 0.581. The van der Waals surface area contributed by atoms with Crippen LogP contribution >= 0.6 is 0 Å². The number of nitrogens with zero attached hydrogens (tertiary/aromatic N) is 2. The molecule has 3 nitrogen and oxygen atoms in total. The third kappa shape index (κ3) is 0.756. The van der Waals surface area contributed by atoms with E-state index in [9.17, 15) is 4.39 Å². The van der Waals surface area contributed by atoms with E-state index < -0.39 is 0 Å². The van der Waals surface area contributed by atoms with E-state index in [2.05, 4.69) is 10.5 Å². The molecule has 0 saturated heterocycles. The molecule has 0 atom stereocenters. The number of fused-ring (bicyclic) bond motifs is 1. The van der Waals surface area contributed by atoms with Crippen LogP contribution in [0.25, 0.3) is 0 Å². The number of hydrogen-bond donors (Lipinski definition) is 1. The number of hydrogen-bond acceptors (Lipinski definition) is 2. The number of amidine groups is 1. The Morgan fingerprint density at radius 3 is 2.91 bits per heavy atom. The molecular formula is C7H5FN3. The van der Waals surface area contributed by atoms with Crippen LogP contribution in [0.5, 0.6) is 0 Å². The first kappa shape index (κ1) is 6.15. The Kier molecular flexibility index (Phi) is 1.09. The largest absolute Gasteiger partial charge is 0.382 e. The second kappa shape index (κ2) is 1.95. The normalized spacial score (nSPS) is 13.7. The molecule has 1 aromatic carbocycles. The van der Waals surface area contributed by atoms with Crippen LogP contribution in [0, 0.1) is 5.82 Å². The van der Waals surface area contributed by atoms with E-state index in [0.717, 1.165) is 0 Å². The van der Waals surface area contributed by atoms with Crippen LogP contribution in [0.3, 0.4) is 0 Å². The van der Waals surface area contributed by atoms with Crippen LogP contribution < -0.4 is 11.2 Å². The van der Waals surface area contributed by atoms with E-state index in [-0.39, 0.29) is 17.3 Å². The summed E-state index contributed by atoms with van der Waals surface area (Å²) in [7, 11) is 0. The van der Waals surface area contributed by atoms with Crippen LogP contribution in [0.15, 0.2) is 23.3 Å². The number of rotatable bonds is 0. The first-order valence-corrected chi connectivity index (χ1v) is 3.12. The van der Waals surface area contributed by atoms with Crippen molar-refractivity contribution >= 4 is 11.5 Å². The molecule has 2 rings (SSSR count). The molecule has 11 heavy (non-hydrogen) atoms. The Balaban J connectivity index is 2.64. The highest BCUT2D eigenvalue weighted by Gasteiger charge is 2.17. The lowest BCUT2D eigenvalue weighted by molar-refractivity contribution is 0.621. The number of nitrogens with two attached hydrogens (primary N) is 1. The van der Waals surface area contributed by atoms with Crippen molar-refractivity contribution in [3.63, 3.8) is 0 Å². The van der Waals surface area contributed by atoms with Gasteiger partial charge in [-0.15, -0.1) is 10.5 Å². The smallest absolute Gasteiger partial charge is 0.155 e. The zero-order chi connectivity index (χ0) is 7.84. The summed E-state index contributed by atoms with van der Waals surface area (Å²) in [5.74, 6) is -0.105. The van der Waals surface area contributed by atoms with Crippen molar-refractivity contribution < 1.29 is 4.39 Å². The van der Waals surface area contributed by atoms with Gasteiger partial charge in [0.1, 0.15) is 5.69 Å². The molecule has 1 radical (unpaired) electrons. The lowest BCUT2D eigenvalue weighted by Gasteiger charge is -1.95. The van der Waals surface area contributed by atoms with E-state index in [1.54, 1.807) is 12.1 Å². The molecule has 0 unspecified atom stereocenters. The molecule has 0 saturated carbocycles. The SMILES string of the molecule is NC1=N[N]c2c(F)cccc21. The highest BCUT2D eigenvalue weighted by Crippen LogP contribution is 2.23. The monoisotopic (exact) mass is 150 g/mol. The second-order valence-corrected chi connectivity index (χ2v) is 2.22. The lowest BCUT2D eigenvalue weighted by Crippen LogP contribution is -2.09. The summed E-state index contributed by atoms with van der Waals surface area (Å²) in [5.41, 5.74) is 9.79. The van der Waals surface area contributed by atoms with Crippen LogP contribution in [0.1, 0.15) is 5.56 Å². The fourth-order valence-corrected chi connectivity index (χ4v) is 0.981. The Morgan fingerprint density at radius 1 is 1.36 bits per heavy atom. The molecule has 0 aromatic heterocycles. The van der Waals surface area contributed by atoms with Crippen LogP contribution in [0.4, 0.5) is 10.1 Å². The third-order valence-electron chi connectivity index (χ3n) is 1.52.